The van der Waals surface area contributed by atoms with Gasteiger partial charge in [0, 0.05) is 24.2 Å². The fraction of sp³-hybridized carbons (Fsp3) is 0.273. The van der Waals surface area contributed by atoms with Crippen molar-refractivity contribution >= 4 is 29.1 Å². The van der Waals surface area contributed by atoms with E-state index in [4.69, 9.17) is 21.1 Å². The quantitative estimate of drug-likeness (QED) is 0.442. The van der Waals surface area contributed by atoms with Crippen molar-refractivity contribution in [2.45, 2.75) is 13.0 Å². The Labute approximate surface area is 174 Å². The lowest BCUT2D eigenvalue weighted by Gasteiger charge is -2.25. The smallest absolute Gasteiger partial charge is 0.295 e. The molecule has 0 saturated carbocycles. The van der Waals surface area contributed by atoms with Crippen LogP contribution in [0.25, 0.3) is 5.76 Å². The van der Waals surface area contributed by atoms with E-state index in [2.05, 4.69) is 0 Å². The van der Waals surface area contributed by atoms with Gasteiger partial charge in [-0.25, -0.2) is 0 Å². The maximum Gasteiger partial charge on any atom is 0.295 e. The highest BCUT2D eigenvalue weighted by Gasteiger charge is 2.45. The number of carbonyl (C=O) groups is 2. The molecule has 0 bridgehead atoms. The van der Waals surface area contributed by atoms with Crippen molar-refractivity contribution in [3.8, 4) is 5.75 Å². The summed E-state index contributed by atoms with van der Waals surface area (Å²) in [6, 6.07) is 11.2. The van der Waals surface area contributed by atoms with Gasteiger partial charge < -0.3 is 19.5 Å². The maximum absolute atomic E-state index is 12.9. The number of aryl methyl sites for hydroxylation is 1. The molecule has 0 aliphatic carbocycles. The molecule has 3 rings (SSSR count). The zero-order valence-corrected chi connectivity index (χ0v) is 17.2. The molecular formula is C22H22ClNO5. The van der Waals surface area contributed by atoms with Gasteiger partial charge in [-0.2, -0.15) is 0 Å². The van der Waals surface area contributed by atoms with E-state index in [0.29, 0.717) is 21.9 Å². The number of benzene rings is 2. The summed E-state index contributed by atoms with van der Waals surface area (Å²) >= 11 is 6.00. The molecule has 1 aliphatic rings. The number of aliphatic hydroxyl groups excluding tert-OH is 1. The van der Waals surface area contributed by atoms with E-state index in [1.165, 1.54) is 12.0 Å². The van der Waals surface area contributed by atoms with Gasteiger partial charge in [0.2, 0.25) is 0 Å². The van der Waals surface area contributed by atoms with Crippen molar-refractivity contribution in [3.05, 3.63) is 69.8 Å². The van der Waals surface area contributed by atoms with Crippen molar-refractivity contribution < 1.29 is 24.2 Å². The SMILES string of the molecule is COCCN1C(=O)C(=O)/C(=C(/O)c2ccc(OC)cc2C)[C@@H]1c1ccc(Cl)cc1. The number of ether oxygens (including phenoxy) is 2. The molecule has 29 heavy (non-hydrogen) atoms. The van der Waals surface area contributed by atoms with Gasteiger partial charge in [0.15, 0.2) is 0 Å². The van der Waals surface area contributed by atoms with Crippen molar-refractivity contribution in [2.75, 3.05) is 27.4 Å². The first-order valence-corrected chi connectivity index (χ1v) is 9.44. The minimum absolute atomic E-state index is 0.0432. The molecule has 152 valence electrons. The van der Waals surface area contributed by atoms with E-state index in [0.717, 1.165) is 5.56 Å². The lowest BCUT2D eigenvalue weighted by atomic mass is 9.94. The number of amides is 1. The number of Topliss-reactive ketones (excluding diaryl/α,β-unsaturated/α-hetero) is 1. The molecule has 1 fully saturated rings. The summed E-state index contributed by atoms with van der Waals surface area (Å²) in [5.74, 6) is -0.985. The van der Waals surface area contributed by atoms with Gasteiger partial charge in [0.1, 0.15) is 11.5 Å². The molecule has 7 heteroatoms. The minimum Gasteiger partial charge on any atom is -0.507 e. The summed E-state index contributed by atoms with van der Waals surface area (Å²) in [5.41, 5.74) is 1.91. The van der Waals surface area contributed by atoms with Crippen LogP contribution in [0, 0.1) is 6.92 Å². The van der Waals surface area contributed by atoms with Crippen LogP contribution in [0.3, 0.4) is 0 Å². The van der Waals surface area contributed by atoms with Crippen LogP contribution in [0.4, 0.5) is 0 Å². The van der Waals surface area contributed by atoms with Crippen LogP contribution >= 0.6 is 11.6 Å². The van der Waals surface area contributed by atoms with Crippen molar-refractivity contribution in [3.63, 3.8) is 0 Å². The first kappa shape index (κ1) is 20.9. The van der Waals surface area contributed by atoms with Crippen molar-refractivity contribution in [1.82, 2.24) is 4.90 Å². The molecule has 0 aromatic heterocycles. The number of likely N-dealkylation sites (tertiary alicyclic amines) is 1. The molecule has 1 amide bonds. The largest absolute Gasteiger partial charge is 0.507 e. The van der Waals surface area contributed by atoms with E-state index < -0.39 is 17.7 Å². The summed E-state index contributed by atoms with van der Waals surface area (Å²) in [7, 11) is 3.07. The van der Waals surface area contributed by atoms with Gasteiger partial charge in [-0.15, -0.1) is 0 Å². The predicted molar refractivity (Wildman–Crippen MR) is 110 cm³/mol. The lowest BCUT2D eigenvalue weighted by Crippen LogP contribution is -2.32. The Bertz CT molecular complexity index is 968. The van der Waals surface area contributed by atoms with E-state index in [9.17, 15) is 14.7 Å². The highest BCUT2D eigenvalue weighted by molar-refractivity contribution is 6.46. The molecule has 2 aromatic rings. The average Bonchev–Trinajstić information content (AvgIpc) is 2.96. The van der Waals surface area contributed by atoms with Crippen LogP contribution in [-0.4, -0.2) is 49.1 Å². The standard InChI is InChI=1S/C22H22ClNO5/c1-13-12-16(29-3)8-9-17(13)20(25)18-19(14-4-6-15(23)7-5-14)24(10-11-28-2)22(27)21(18)26/h4-9,12,19,25H,10-11H2,1-3H3/b20-18+/t19-/m0/s1. The lowest BCUT2D eigenvalue weighted by molar-refractivity contribution is -0.140. The first-order valence-electron chi connectivity index (χ1n) is 9.06. The van der Waals surface area contributed by atoms with Gasteiger partial charge in [-0.1, -0.05) is 23.7 Å². The first-order chi connectivity index (χ1) is 13.9. The van der Waals surface area contributed by atoms with Gasteiger partial charge >= 0.3 is 0 Å². The second-order valence-electron chi connectivity index (χ2n) is 6.72. The Hall–Kier alpha value is -2.83. The summed E-state index contributed by atoms with van der Waals surface area (Å²) in [4.78, 5) is 27.0. The van der Waals surface area contributed by atoms with E-state index in [-0.39, 0.29) is 24.5 Å². The Morgan fingerprint density at radius 3 is 2.41 bits per heavy atom. The molecule has 1 N–H and O–H groups in total. The van der Waals surface area contributed by atoms with E-state index >= 15 is 0 Å². The number of nitrogens with zero attached hydrogens (tertiary/aromatic N) is 1. The second kappa shape index (κ2) is 8.68. The third-order valence-corrected chi connectivity index (χ3v) is 5.20. The molecule has 6 nitrogen and oxygen atoms in total. The number of carbonyl (C=O) groups excluding carboxylic acids is 2. The Morgan fingerprint density at radius 2 is 1.83 bits per heavy atom. The number of hydrogen-bond acceptors (Lipinski definition) is 5. The summed E-state index contributed by atoms with van der Waals surface area (Å²) in [6.07, 6.45) is 0. The highest BCUT2D eigenvalue weighted by Crippen LogP contribution is 2.40. The van der Waals surface area contributed by atoms with Crippen molar-refractivity contribution in [1.29, 1.82) is 0 Å². The number of aliphatic hydroxyl groups is 1. The zero-order valence-electron chi connectivity index (χ0n) is 16.4. The number of ketones is 1. The van der Waals surface area contributed by atoms with Crippen LogP contribution in [0.5, 0.6) is 5.75 Å². The Morgan fingerprint density at radius 1 is 1.14 bits per heavy atom. The Kier molecular flexibility index (Phi) is 6.25. The van der Waals surface area contributed by atoms with Gasteiger partial charge in [0.05, 0.1) is 25.3 Å². The molecule has 1 atom stereocenters. The summed E-state index contributed by atoms with van der Waals surface area (Å²) in [5, 5.41) is 11.6. The Balaban J connectivity index is 2.17. The van der Waals surface area contributed by atoms with E-state index in [1.807, 2.05) is 0 Å². The number of rotatable bonds is 6. The topological polar surface area (TPSA) is 76.1 Å². The van der Waals surface area contributed by atoms with Gasteiger partial charge in [0.25, 0.3) is 11.7 Å². The molecule has 0 unspecified atom stereocenters. The second-order valence-corrected chi connectivity index (χ2v) is 7.15. The summed E-state index contributed by atoms with van der Waals surface area (Å²) in [6.45, 7) is 2.28. The molecule has 1 aliphatic heterocycles. The molecule has 1 heterocycles. The van der Waals surface area contributed by atoms with Crippen molar-refractivity contribution in [2.24, 2.45) is 0 Å². The number of halogens is 1. The zero-order chi connectivity index (χ0) is 21.1. The summed E-state index contributed by atoms with van der Waals surface area (Å²) < 4.78 is 10.3. The van der Waals surface area contributed by atoms with E-state index in [1.54, 1.807) is 56.5 Å². The predicted octanol–water partition coefficient (Wildman–Crippen LogP) is 3.73. The fourth-order valence-electron chi connectivity index (χ4n) is 3.47. The van der Waals surface area contributed by atoms with Crippen LogP contribution in [0.1, 0.15) is 22.7 Å². The highest BCUT2D eigenvalue weighted by atomic mass is 35.5. The fourth-order valence-corrected chi connectivity index (χ4v) is 3.59. The third kappa shape index (κ3) is 3.99. The minimum atomic E-state index is -0.732. The number of methoxy groups -OCH3 is 2. The van der Waals surface area contributed by atoms with Crippen LogP contribution < -0.4 is 4.74 Å². The van der Waals surface area contributed by atoms with Crippen LogP contribution in [0.15, 0.2) is 48.0 Å². The average molecular weight is 416 g/mol. The molecule has 1 saturated heterocycles. The number of hydrogen-bond donors (Lipinski definition) is 1. The third-order valence-electron chi connectivity index (χ3n) is 4.95. The van der Waals surface area contributed by atoms with Gasteiger partial charge in [-0.3, -0.25) is 9.59 Å². The monoisotopic (exact) mass is 415 g/mol. The van der Waals surface area contributed by atoms with Crippen LogP contribution in [-0.2, 0) is 14.3 Å². The molecular weight excluding hydrogens is 394 g/mol. The maximum atomic E-state index is 12.9. The normalized spacial score (nSPS) is 18.3. The van der Waals surface area contributed by atoms with Crippen LogP contribution in [0.2, 0.25) is 5.02 Å². The van der Waals surface area contributed by atoms with Gasteiger partial charge in [-0.05, 0) is 48.4 Å². The molecule has 0 radical (unpaired) electrons. The molecule has 0 spiro atoms. The molecule has 2 aromatic carbocycles.